The van der Waals surface area contributed by atoms with Crippen LogP contribution in [0.1, 0.15) is 42.0 Å². The molecule has 1 aliphatic rings. The van der Waals surface area contributed by atoms with Gasteiger partial charge in [0.15, 0.2) is 5.17 Å². The maximum Gasteiger partial charge on any atom is 0.416 e. The van der Waals surface area contributed by atoms with Crippen LogP contribution in [0.15, 0.2) is 71.7 Å². The number of amidine groups is 1. The number of aliphatic imine (C=N–C) groups is 1. The molecule has 0 aliphatic carbocycles. The first-order valence-corrected chi connectivity index (χ1v) is 14.2. The van der Waals surface area contributed by atoms with Crippen LogP contribution >= 0.6 is 11.8 Å². The van der Waals surface area contributed by atoms with Crippen LogP contribution in [0.2, 0.25) is 0 Å². The van der Waals surface area contributed by atoms with E-state index in [1.807, 2.05) is 39.0 Å². The van der Waals surface area contributed by atoms with Gasteiger partial charge >= 0.3 is 18.2 Å². The van der Waals surface area contributed by atoms with E-state index in [2.05, 4.69) is 20.9 Å². The quantitative estimate of drug-likeness (QED) is 0.269. The Morgan fingerprint density at radius 1 is 0.976 bits per heavy atom. The lowest BCUT2D eigenvalue weighted by molar-refractivity contribution is -0.137. The van der Waals surface area contributed by atoms with Crippen LogP contribution in [0.5, 0.6) is 0 Å². The highest BCUT2D eigenvalue weighted by molar-refractivity contribution is 8.15. The molecular weight excluding hydrogens is 567 g/mol. The SMILES string of the molecule is Cc1ccc(C(C)C)c(N2C(=O)CS/C2=N\C(=O)NCCc2ccc(NC(=O)Nc3ccc(C(F)(F)F)cc3)cc2)c1. The van der Waals surface area contributed by atoms with Gasteiger partial charge in [0.2, 0.25) is 5.91 Å². The molecule has 0 radical (unpaired) electrons. The first-order valence-electron chi connectivity index (χ1n) is 13.2. The predicted molar refractivity (Wildman–Crippen MR) is 160 cm³/mol. The largest absolute Gasteiger partial charge is 0.416 e. The lowest BCUT2D eigenvalue weighted by Gasteiger charge is -2.22. The third kappa shape index (κ3) is 7.90. The van der Waals surface area contributed by atoms with E-state index in [1.165, 1.54) is 28.8 Å². The molecule has 3 aromatic carbocycles. The smallest absolute Gasteiger partial charge is 0.336 e. The number of amides is 5. The van der Waals surface area contributed by atoms with Gasteiger partial charge < -0.3 is 16.0 Å². The van der Waals surface area contributed by atoms with E-state index in [-0.39, 0.29) is 23.3 Å². The molecule has 4 rings (SSSR count). The second-order valence-corrected chi connectivity index (χ2v) is 10.9. The number of nitrogens with one attached hydrogen (secondary N) is 3. The summed E-state index contributed by atoms with van der Waals surface area (Å²) in [6, 6.07) is 15.8. The van der Waals surface area contributed by atoms with Gasteiger partial charge in [-0.25, -0.2) is 9.59 Å². The fraction of sp³-hybridized carbons (Fsp3) is 0.267. The van der Waals surface area contributed by atoms with E-state index >= 15 is 0 Å². The van der Waals surface area contributed by atoms with Gasteiger partial charge in [-0.05, 0) is 78.4 Å². The second kappa shape index (κ2) is 13.1. The van der Waals surface area contributed by atoms with Crippen molar-refractivity contribution in [2.24, 2.45) is 4.99 Å². The molecule has 1 aliphatic heterocycles. The number of carbonyl (C=O) groups is 3. The lowest BCUT2D eigenvalue weighted by Crippen LogP contribution is -2.32. The van der Waals surface area contributed by atoms with Crippen molar-refractivity contribution < 1.29 is 27.6 Å². The minimum absolute atomic E-state index is 0.124. The van der Waals surface area contributed by atoms with Gasteiger partial charge in [0.05, 0.1) is 17.0 Å². The second-order valence-electron chi connectivity index (χ2n) is 9.96. The molecule has 0 bridgehead atoms. The Morgan fingerprint density at radius 3 is 2.19 bits per heavy atom. The summed E-state index contributed by atoms with van der Waals surface area (Å²) in [5, 5.41) is 8.20. The number of alkyl halides is 3. The Balaban J connectivity index is 1.29. The van der Waals surface area contributed by atoms with Crippen molar-refractivity contribution in [2.45, 2.75) is 39.3 Å². The van der Waals surface area contributed by atoms with E-state index in [0.29, 0.717) is 23.8 Å². The third-order valence-corrected chi connectivity index (χ3v) is 7.31. The lowest BCUT2D eigenvalue weighted by atomic mass is 9.99. The summed E-state index contributed by atoms with van der Waals surface area (Å²) in [5.41, 5.74) is 3.55. The van der Waals surface area contributed by atoms with Crippen molar-refractivity contribution in [1.82, 2.24) is 5.32 Å². The fourth-order valence-electron chi connectivity index (χ4n) is 4.25. The number of nitrogens with zero attached hydrogens (tertiary/aromatic N) is 2. The molecule has 5 amide bonds. The van der Waals surface area contributed by atoms with Crippen LogP contribution in [0.4, 0.5) is 39.8 Å². The van der Waals surface area contributed by atoms with E-state index in [0.717, 1.165) is 34.5 Å². The van der Waals surface area contributed by atoms with E-state index < -0.39 is 23.8 Å². The van der Waals surface area contributed by atoms with Crippen molar-refractivity contribution in [3.05, 3.63) is 89.0 Å². The number of thioether (sulfide) groups is 1. The van der Waals surface area contributed by atoms with E-state index in [4.69, 9.17) is 0 Å². The monoisotopic (exact) mass is 597 g/mol. The van der Waals surface area contributed by atoms with Crippen LogP contribution in [0.3, 0.4) is 0 Å². The molecule has 0 atom stereocenters. The molecular formula is C30H30F3N5O3S. The number of halogens is 3. The molecule has 3 N–H and O–H groups in total. The fourth-order valence-corrected chi connectivity index (χ4v) is 5.11. The Kier molecular flexibility index (Phi) is 9.56. The molecule has 0 saturated carbocycles. The van der Waals surface area contributed by atoms with Gasteiger partial charge in [-0.1, -0.05) is 49.9 Å². The highest BCUT2D eigenvalue weighted by Crippen LogP contribution is 2.34. The normalized spacial score (nSPS) is 14.4. The van der Waals surface area contributed by atoms with Crippen LogP contribution in [-0.2, 0) is 17.4 Å². The van der Waals surface area contributed by atoms with Crippen molar-refractivity contribution in [3.8, 4) is 0 Å². The molecule has 220 valence electrons. The van der Waals surface area contributed by atoms with Crippen LogP contribution in [0.25, 0.3) is 0 Å². The maximum absolute atomic E-state index is 12.7. The summed E-state index contributed by atoms with van der Waals surface area (Å²) in [6.07, 6.45) is -3.95. The summed E-state index contributed by atoms with van der Waals surface area (Å²) in [6.45, 7) is 6.35. The summed E-state index contributed by atoms with van der Waals surface area (Å²) < 4.78 is 38.1. The summed E-state index contributed by atoms with van der Waals surface area (Å²) in [5.74, 6) is 0.269. The number of hydrogen-bond donors (Lipinski definition) is 3. The third-order valence-electron chi connectivity index (χ3n) is 6.38. The zero-order valence-corrected chi connectivity index (χ0v) is 24.0. The summed E-state index contributed by atoms with van der Waals surface area (Å²) in [4.78, 5) is 43.2. The van der Waals surface area contributed by atoms with E-state index in [1.54, 1.807) is 24.3 Å². The highest BCUT2D eigenvalue weighted by atomic mass is 32.2. The van der Waals surface area contributed by atoms with Gasteiger partial charge in [0, 0.05) is 17.9 Å². The average Bonchev–Trinajstić information content (AvgIpc) is 3.28. The van der Waals surface area contributed by atoms with Crippen molar-refractivity contribution in [3.63, 3.8) is 0 Å². The zero-order chi connectivity index (χ0) is 30.4. The number of carbonyl (C=O) groups excluding carboxylic acids is 3. The molecule has 12 heteroatoms. The van der Waals surface area contributed by atoms with Crippen molar-refractivity contribution >= 4 is 52.0 Å². The van der Waals surface area contributed by atoms with E-state index in [9.17, 15) is 27.6 Å². The van der Waals surface area contributed by atoms with Crippen molar-refractivity contribution in [1.29, 1.82) is 0 Å². The minimum atomic E-state index is -4.45. The van der Waals surface area contributed by atoms with Crippen LogP contribution in [-0.4, -0.2) is 35.4 Å². The Hall–Kier alpha value is -4.32. The number of aryl methyl sites for hydroxylation is 1. The summed E-state index contributed by atoms with van der Waals surface area (Å²) >= 11 is 1.23. The Bertz CT molecular complexity index is 1490. The van der Waals surface area contributed by atoms with Gasteiger partial charge in [-0.3, -0.25) is 9.69 Å². The first-order chi connectivity index (χ1) is 19.9. The number of benzene rings is 3. The van der Waals surface area contributed by atoms with Gasteiger partial charge in [0.1, 0.15) is 0 Å². The van der Waals surface area contributed by atoms with Crippen molar-refractivity contribution in [2.75, 3.05) is 27.8 Å². The molecule has 1 heterocycles. The molecule has 8 nitrogen and oxygen atoms in total. The number of rotatable bonds is 7. The topological polar surface area (TPSA) is 103 Å². The molecule has 0 spiro atoms. The molecule has 3 aromatic rings. The zero-order valence-electron chi connectivity index (χ0n) is 23.2. The number of hydrogen-bond acceptors (Lipinski definition) is 4. The average molecular weight is 598 g/mol. The van der Waals surface area contributed by atoms with Gasteiger partial charge in [-0.2, -0.15) is 18.2 Å². The van der Waals surface area contributed by atoms with Gasteiger partial charge in [0.25, 0.3) is 0 Å². The first kappa shape index (κ1) is 30.6. The Labute approximate surface area is 245 Å². The molecule has 0 unspecified atom stereocenters. The summed E-state index contributed by atoms with van der Waals surface area (Å²) in [7, 11) is 0. The standard InChI is InChI=1S/C30H30F3N5O3S/c1-18(2)24-13-4-19(3)16-25(24)38-26(39)17-42-29(38)37-27(40)34-15-14-20-5-9-22(10-6-20)35-28(41)36-23-11-7-21(8-12-23)30(31,32)33/h4-13,16,18H,14-15,17H2,1-3H3,(H,34,40)(H2,35,36,41)/b37-29-. The molecule has 0 aromatic heterocycles. The number of urea groups is 2. The maximum atomic E-state index is 12.7. The van der Waals surface area contributed by atoms with Crippen LogP contribution in [0, 0.1) is 6.92 Å². The van der Waals surface area contributed by atoms with Gasteiger partial charge in [-0.15, -0.1) is 0 Å². The molecule has 1 saturated heterocycles. The minimum Gasteiger partial charge on any atom is -0.336 e. The number of anilines is 3. The predicted octanol–water partition coefficient (Wildman–Crippen LogP) is 7.17. The highest BCUT2D eigenvalue weighted by Gasteiger charge is 2.32. The molecule has 42 heavy (non-hydrogen) atoms. The van der Waals surface area contributed by atoms with Crippen LogP contribution < -0.4 is 20.9 Å². The molecule has 1 fully saturated rings. The Morgan fingerprint density at radius 2 is 1.60 bits per heavy atom.